The van der Waals surface area contributed by atoms with Crippen molar-refractivity contribution in [1.29, 1.82) is 0 Å². The van der Waals surface area contributed by atoms with Crippen LogP contribution in [0.15, 0.2) is 18.2 Å². The normalized spacial score (nSPS) is 13.4. The molecule has 0 fully saturated rings. The minimum Gasteiger partial charge on any atom is -0.373 e. The standard InChI is InChI=1S/C13H11Cl2N3S/c1-16-12-9-5-19-6-11(9)17-13(18-12)8-3-2-7(14)4-10(8)15/h2-4H,5-6H2,1H3,(H,16,17,18). The van der Waals surface area contributed by atoms with Gasteiger partial charge < -0.3 is 5.32 Å². The van der Waals surface area contributed by atoms with Gasteiger partial charge in [0.15, 0.2) is 5.82 Å². The number of nitrogens with zero attached hydrogens (tertiary/aromatic N) is 2. The highest BCUT2D eigenvalue weighted by molar-refractivity contribution is 7.98. The molecule has 1 aromatic carbocycles. The summed E-state index contributed by atoms with van der Waals surface area (Å²) in [7, 11) is 1.87. The van der Waals surface area contributed by atoms with Crippen molar-refractivity contribution in [3.63, 3.8) is 0 Å². The van der Waals surface area contributed by atoms with Crippen molar-refractivity contribution in [2.75, 3.05) is 12.4 Å². The Morgan fingerprint density at radius 2 is 2.05 bits per heavy atom. The maximum atomic E-state index is 6.22. The van der Waals surface area contributed by atoms with Crippen LogP contribution in [0, 0.1) is 0 Å². The third-order valence-corrected chi connectivity index (χ3v) is 4.50. The van der Waals surface area contributed by atoms with Gasteiger partial charge in [0, 0.05) is 34.7 Å². The molecule has 98 valence electrons. The first-order valence-electron chi connectivity index (χ1n) is 5.79. The van der Waals surface area contributed by atoms with Crippen molar-refractivity contribution in [3.05, 3.63) is 39.5 Å². The topological polar surface area (TPSA) is 37.8 Å². The first-order valence-corrected chi connectivity index (χ1v) is 7.71. The van der Waals surface area contributed by atoms with Crippen molar-refractivity contribution in [2.45, 2.75) is 11.5 Å². The van der Waals surface area contributed by atoms with Crippen LogP contribution in [0.1, 0.15) is 11.3 Å². The smallest absolute Gasteiger partial charge is 0.163 e. The van der Waals surface area contributed by atoms with Gasteiger partial charge in [0.1, 0.15) is 5.82 Å². The van der Waals surface area contributed by atoms with Crippen molar-refractivity contribution in [1.82, 2.24) is 9.97 Å². The second-order valence-corrected chi connectivity index (χ2v) is 6.02. The van der Waals surface area contributed by atoms with Gasteiger partial charge in [0.25, 0.3) is 0 Å². The first-order chi connectivity index (χ1) is 9.19. The highest BCUT2D eigenvalue weighted by atomic mass is 35.5. The number of thioether (sulfide) groups is 1. The second kappa shape index (κ2) is 5.19. The summed E-state index contributed by atoms with van der Waals surface area (Å²) in [5.74, 6) is 3.41. The Bertz CT molecular complexity index is 646. The summed E-state index contributed by atoms with van der Waals surface area (Å²) in [5, 5.41) is 4.31. The van der Waals surface area contributed by atoms with Crippen LogP contribution in [0.3, 0.4) is 0 Å². The molecule has 0 atom stereocenters. The van der Waals surface area contributed by atoms with Crippen LogP contribution in [0.2, 0.25) is 10.0 Å². The van der Waals surface area contributed by atoms with E-state index in [0.29, 0.717) is 15.9 Å². The number of anilines is 1. The van der Waals surface area contributed by atoms with E-state index >= 15 is 0 Å². The number of rotatable bonds is 2. The van der Waals surface area contributed by atoms with Crippen molar-refractivity contribution in [3.8, 4) is 11.4 Å². The molecule has 0 bridgehead atoms. The average Bonchev–Trinajstić information content (AvgIpc) is 2.85. The zero-order chi connectivity index (χ0) is 13.4. The Kier molecular flexibility index (Phi) is 3.56. The summed E-state index contributed by atoms with van der Waals surface area (Å²) in [5.41, 5.74) is 3.09. The minimum atomic E-state index is 0.570. The summed E-state index contributed by atoms with van der Waals surface area (Å²) < 4.78 is 0. The number of aromatic nitrogens is 2. The summed E-state index contributed by atoms with van der Waals surface area (Å²) in [4.78, 5) is 9.18. The third-order valence-electron chi connectivity index (χ3n) is 2.99. The Balaban J connectivity index is 2.15. The van der Waals surface area contributed by atoms with E-state index in [9.17, 15) is 0 Å². The molecule has 3 nitrogen and oxygen atoms in total. The zero-order valence-corrected chi connectivity index (χ0v) is 12.5. The Labute approximate surface area is 125 Å². The summed E-state index contributed by atoms with van der Waals surface area (Å²) >= 11 is 14.0. The van der Waals surface area contributed by atoms with E-state index in [0.717, 1.165) is 28.6 Å². The molecule has 0 aliphatic carbocycles. The lowest BCUT2D eigenvalue weighted by atomic mass is 10.2. The molecule has 1 aliphatic heterocycles. The Hall–Kier alpha value is -0.970. The van der Waals surface area contributed by atoms with Crippen LogP contribution >= 0.6 is 35.0 Å². The van der Waals surface area contributed by atoms with Gasteiger partial charge in [-0.15, -0.1) is 0 Å². The monoisotopic (exact) mass is 311 g/mol. The van der Waals surface area contributed by atoms with Crippen LogP contribution in [0.4, 0.5) is 5.82 Å². The molecule has 6 heteroatoms. The van der Waals surface area contributed by atoms with E-state index in [4.69, 9.17) is 23.2 Å². The van der Waals surface area contributed by atoms with Gasteiger partial charge in [0.05, 0.1) is 10.7 Å². The first kappa shape index (κ1) is 13.0. The van der Waals surface area contributed by atoms with Crippen molar-refractivity contribution < 1.29 is 0 Å². The SMILES string of the molecule is CNc1nc(-c2ccc(Cl)cc2Cl)nc2c1CSC2. The van der Waals surface area contributed by atoms with E-state index in [1.807, 2.05) is 24.9 Å². The number of fused-ring (bicyclic) bond motifs is 1. The van der Waals surface area contributed by atoms with E-state index in [2.05, 4.69) is 15.3 Å². The van der Waals surface area contributed by atoms with Gasteiger partial charge in [-0.2, -0.15) is 11.8 Å². The lowest BCUT2D eigenvalue weighted by molar-refractivity contribution is 1.07. The zero-order valence-electron chi connectivity index (χ0n) is 10.2. The predicted octanol–water partition coefficient (Wildman–Crippen LogP) is 4.24. The predicted molar refractivity (Wildman–Crippen MR) is 82.0 cm³/mol. The molecule has 2 heterocycles. The second-order valence-electron chi connectivity index (χ2n) is 4.19. The molecule has 0 saturated carbocycles. The minimum absolute atomic E-state index is 0.570. The van der Waals surface area contributed by atoms with Crippen LogP contribution in [-0.2, 0) is 11.5 Å². The largest absolute Gasteiger partial charge is 0.373 e. The highest BCUT2D eigenvalue weighted by Crippen LogP contribution is 2.36. The molecular formula is C13H11Cl2N3S. The van der Waals surface area contributed by atoms with Crippen LogP contribution < -0.4 is 5.32 Å². The quantitative estimate of drug-likeness (QED) is 0.900. The molecule has 19 heavy (non-hydrogen) atoms. The number of halogens is 2. The van der Waals surface area contributed by atoms with Gasteiger partial charge in [-0.3, -0.25) is 0 Å². The summed E-state index contributed by atoms with van der Waals surface area (Å²) in [6.45, 7) is 0. The van der Waals surface area contributed by atoms with Crippen LogP contribution in [-0.4, -0.2) is 17.0 Å². The third kappa shape index (κ3) is 2.40. The van der Waals surface area contributed by atoms with Crippen LogP contribution in [0.5, 0.6) is 0 Å². The highest BCUT2D eigenvalue weighted by Gasteiger charge is 2.20. The fourth-order valence-electron chi connectivity index (χ4n) is 2.05. The molecule has 1 aromatic heterocycles. The number of nitrogens with one attached hydrogen (secondary N) is 1. The maximum Gasteiger partial charge on any atom is 0.163 e. The van der Waals surface area contributed by atoms with Gasteiger partial charge in [0.2, 0.25) is 0 Å². The fourth-order valence-corrected chi connectivity index (χ4v) is 3.58. The van der Waals surface area contributed by atoms with Crippen molar-refractivity contribution in [2.24, 2.45) is 0 Å². The van der Waals surface area contributed by atoms with E-state index in [-0.39, 0.29) is 0 Å². The Morgan fingerprint density at radius 3 is 2.79 bits per heavy atom. The van der Waals surface area contributed by atoms with Gasteiger partial charge in [-0.25, -0.2) is 9.97 Å². The Morgan fingerprint density at radius 1 is 1.21 bits per heavy atom. The molecular weight excluding hydrogens is 301 g/mol. The summed E-state index contributed by atoms with van der Waals surface area (Å²) in [6, 6.07) is 5.36. The number of benzene rings is 1. The van der Waals surface area contributed by atoms with E-state index in [1.54, 1.807) is 12.1 Å². The lowest BCUT2D eigenvalue weighted by Gasteiger charge is -2.10. The summed E-state index contributed by atoms with van der Waals surface area (Å²) in [6.07, 6.45) is 0. The molecule has 0 amide bonds. The van der Waals surface area contributed by atoms with Gasteiger partial charge in [-0.05, 0) is 18.2 Å². The lowest BCUT2D eigenvalue weighted by Crippen LogP contribution is -2.03. The van der Waals surface area contributed by atoms with Crippen molar-refractivity contribution >= 4 is 40.8 Å². The maximum absolute atomic E-state index is 6.22. The fraction of sp³-hybridized carbons (Fsp3) is 0.231. The number of hydrogen-bond acceptors (Lipinski definition) is 4. The molecule has 2 aromatic rings. The molecule has 1 N–H and O–H groups in total. The molecule has 3 rings (SSSR count). The van der Waals surface area contributed by atoms with Gasteiger partial charge in [-0.1, -0.05) is 23.2 Å². The molecule has 0 unspecified atom stereocenters. The molecule has 0 radical (unpaired) electrons. The van der Waals surface area contributed by atoms with E-state index in [1.165, 1.54) is 5.56 Å². The van der Waals surface area contributed by atoms with E-state index < -0.39 is 0 Å². The van der Waals surface area contributed by atoms with Crippen LogP contribution in [0.25, 0.3) is 11.4 Å². The molecule has 0 saturated heterocycles. The molecule has 0 spiro atoms. The number of hydrogen-bond donors (Lipinski definition) is 1. The molecule has 1 aliphatic rings. The van der Waals surface area contributed by atoms with Gasteiger partial charge >= 0.3 is 0 Å². The average molecular weight is 312 g/mol.